The van der Waals surface area contributed by atoms with E-state index < -0.39 is 0 Å². The van der Waals surface area contributed by atoms with E-state index in [4.69, 9.17) is 7.85 Å². The molecule has 7 nitrogen and oxygen atoms in total. The molecule has 3 aromatic rings. The average Bonchev–Trinajstić information content (AvgIpc) is 2.81. The van der Waals surface area contributed by atoms with Gasteiger partial charge < -0.3 is 16.0 Å². The zero-order valence-corrected chi connectivity index (χ0v) is 16.8. The highest BCUT2D eigenvalue weighted by atomic mass is 16.2. The number of rotatable bonds is 5. The lowest BCUT2D eigenvalue weighted by Crippen LogP contribution is -2.30. The van der Waals surface area contributed by atoms with Crippen LogP contribution in [0.2, 0.25) is 0 Å². The quantitative estimate of drug-likeness (QED) is 0.563. The van der Waals surface area contributed by atoms with E-state index >= 15 is 0 Å². The fourth-order valence-corrected chi connectivity index (χ4v) is 3.15. The van der Waals surface area contributed by atoms with Crippen LogP contribution in [0, 0.1) is 0 Å². The molecule has 2 aromatic carbocycles. The van der Waals surface area contributed by atoms with Gasteiger partial charge in [-0.2, -0.15) is 0 Å². The van der Waals surface area contributed by atoms with Gasteiger partial charge in [0.05, 0.1) is 11.3 Å². The van der Waals surface area contributed by atoms with E-state index in [1.807, 2.05) is 12.1 Å². The van der Waals surface area contributed by atoms with Crippen LogP contribution in [-0.4, -0.2) is 43.6 Å². The van der Waals surface area contributed by atoms with Crippen molar-refractivity contribution in [3.05, 3.63) is 83.6 Å². The molecule has 0 aliphatic carbocycles. The molecule has 1 aliphatic heterocycles. The Morgan fingerprint density at radius 2 is 1.74 bits per heavy atom. The van der Waals surface area contributed by atoms with Gasteiger partial charge in [0.1, 0.15) is 19.5 Å². The molecule has 3 N–H and O–H groups in total. The molecule has 2 radical (unpaired) electrons. The molecule has 2 heterocycles. The fourth-order valence-electron chi connectivity index (χ4n) is 3.15. The largest absolute Gasteiger partial charge is 0.370 e. The van der Waals surface area contributed by atoms with Gasteiger partial charge in [-0.1, -0.05) is 35.8 Å². The summed E-state index contributed by atoms with van der Waals surface area (Å²) in [6, 6.07) is 17.3. The number of aliphatic imine (C=N–C) groups is 1. The normalized spacial score (nSPS) is 13.0. The zero-order chi connectivity index (χ0) is 21.6. The van der Waals surface area contributed by atoms with Crippen molar-refractivity contribution in [2.24, 2.45) is 4.99 Å². The van der Waals surface area contributed by atoms with E-state index in [-0.39, 0.29) is 11.8 Å². The van der Waals surface area contributed by atoms with Crippen LogP contribution in [0.1, 0.15) is 32.7 Å². The summed E-state index contributed by atoms with van der Waals surface area (Å²) in [7, 11) is 5.62. The highest BCUT2D eigenvalue weighted by Gasteiger charge is 2.15. The molecule has 31 heavy (non-hydrogen) atoms. The minimum Gasteiger partial charge on any atom is -0.370 e. The average molecular weight is 409 g/mol. The summed E-state index contributed by atoms with van der Waals surface area (Å²) in [6.45, 7) is 1.70. The van der Waals surface area contributed by atoms with Crippen LogP contribution in [-0.2, 0) is 0 Å². The van der Waals surface area contributed by atoms with Gasteiger partial charge in [-0.3, -0.25) is 14.6 Å². The highest BCUT2D eigenvalue weighted by Crippen LogP contribution is 2.18. The van der Waals surface area contributed by atoms with Gasteiger partial charge in [0.2, 0.25) is 0 Å². The maximum absolute atomic E-state index is 12.8. The number of aromatic nitrogens is 1. The molecule has 1 aliphatic rings. The van der Waals surface area contributed by atoms with Crippen molar-refractivity contribution in [2.75, 3.05) is 23.7 Å². The number of hydrogen-bond acceptors (Lipinski definition) is 5. The van der Waals surface area contributed by atoms with Crippen molar-refractivity contribution in [2.45, 2.75) is 6.42 Å². The van der Waals surface area contributed by atoms with Crippen molar-refractivity contribution in [3.63, 3.8) is 0 Å². The third kappa shape index (κ3) is 4.98. The predicted molar refractivity (Wildman–Crippen MR) is 122 cm³/mol. The molecule has 0 spiro atoms. The van der Waals surface area contributed by atoms with Crippen molar-refractivity contribution in [1.29, 1.82) is 0 Å². The second-order valence-corrected chi connectivity index (χ2v) is 7.02. The van der Waals surface area contributed by atoms with Crippen LogP contribution >= 0.6 is 0 Å². The van der Waals surface area contributed by atoms with E-state index in [0.717, 1.165) is 30.9 Å². The molecular weight excluding hydrogens is 389 g/mol. The van der Waals surface area contributed by atoms with Crippen molar-refractivity contribution in [3.8, 4) is 0 Å². The first-order valence-electron chi connectivity index (χ1n) is 9.92. The van der Waals surface area contributed by atoms with Crippen LogP contribution < -0.4 is 21.4 Å². The number of hydrogen-bond donors (Lipinski definition) is 3. The third-order valence-electron chi connectivity index (χ3n) is 4.77. The smallest absolute Gasteiger partial charge is 0.258 e. The second kappa shape index (κ2) is 9.25. The minimum absolute atomic E-state index is 0.309. The lowest BCUT2D eigenvalue weighted by atomic mass is 9.99. The van der Waals surface area contributed by atoms with Crippen molar-refractivity contribution in [1.82, 2.24) is 10.3 Å². The van der Waals surface area contributed by atoms with E-state index in [1.165, 1.54) is 6.20 Å². The molecule has 8 heteroatoms. The summed E-state index contributed by atoms with van der Waals surface area (Å²) in [4.78, 5) is 34.0. The monoisotopic (exact) mass is 409 g/mol. The Labute approximate surface area is 181 Å². The van der Waals surface area contributed by atoms with Crippen LogP contribution in [0.15, 0.2) is 71.9 Å². The molecular formula is C23H20BN5O2. The Bertz CT molecular complexity index is 1130. The number of carbonyl (C=O) groups is 2. The van der Waals surface area contributed by atoms with Gasteiger partial charge >= 0.3 is 0 Å². The number of carbonyl (C=O) groups excluding carboxylic acids is 2. The standard InChI is InChI=1S/C23H20BN5O2/c24-17-10-11-20(27-14-17)29-23(31)18-4-1-2-5-19(18)28-22(30)16-8-6-15(7-9-16)21-25-12-3-13-26-21/h1-2,4-11,14H,3,12-13H2,(H,25,26)(H,28,30)(H,27,29,31). The van der Waals surface area contributed by atoms with Crippen LogP contribution in [0.5, 0.6) is 0 Å². The van der Waals surface area contributed by atoms with Crippen LogP contribution in [0.25, 0.3) is 0 Å². The number of amidine groups is 1. The van der Waals surface area contributed by atoms with E-state index in [1.54, 1.807) is 48.5 Å². The number of para-hydroxylation sites is 1. The van der Waals surface area contributed by atoms with Crippen LogP contribution in [0.3, 0.4) is 0 Å². The first kappa shape index (κ1) is 20.3. The fraction of sp³-hybridized carbons (Fsp3) is 0.130. The van der Waals surface area contributed by atoms with Gasteiger partial charge in [0.25, 0.3) is 11.8 Å². The number of nitrogens with zero attached hydrogens (tertiary/aromatic N) is 2. The van der Waals surface area contributed by atoms with Gasteiger partial charge in [-0.05, 0) is 36.8 Å². The van der Waals surface area contributed by atoms with E-state index in [0.29, 0.717) is 28.1 Å². The lowest BCUT2D eigenvalue weighted by Gasteiger charge is -2.15. The topological polar surface area (TPSA) is 95.5 Å². The highest BCUT2D eigenvalue weighted by molar-refractivity contribution is 6.32. The van der Waals surface area contributed by atoms with Crippen molar-refractivity contribution >= 4 is 42.5 Å². The van der Waals surface area contributed by atoms with Gasteiger partial charge in [0.15, 0.2) is 0 Å². The summed E-state index contributed by atoms with van der Waals surface area (Å²) in [5.41, 5.74) is 2.65. The summed E-state index contributed by atoms with van der Waals surface area (Å²) < 4.78 is 0. The Balaban J connectivity index is 1.48. The summed E-state index contributed by atoms with van der Waals surface area (Å²) in [6.07, 6.45) is 2.48. The number of pyridine rings is 1. The number of anilines is 2. The Kier molecular flexibility index (Phi) is 6.07. The van der Waals surface area contributed by atoms with Gasteiger partial charge in [0, 0.05) is 30.4 Å². The lowest BCUT2D eigenvalue weighted by molar-refractivity contribution is 0.102. The molecule has 0 saturated heterocycles. The third-order valence-corrected chi connectivity index (χ3v) is 4.77. The number of nitrogens with one attached hydrogen (secondary N) is 3. The molecule has 2 amide bonds. The van der Waals surface area contributed by atoms with E-state index in [2.05, 4.69) is 25.9 Å². The summed E-state index contributed by atoms with van der Waals surface area (Å²) >= 11 is 0. The summed E-state index contributed by atoms with van der Waals surface area (Å²) in [5, 5.41) is 8.78. The molecule has 4 rings (SSSR count). The minimum atomic E-state index is -0.384. The maximum atomic E-state index is 12.8. The van der Waals surface area contributed by atoms with Gasteiger partial charge in [-0.15, -0.1) is 0 Å². The molecule has 152 valence electrons. The second-order valence-electron chi connectivity index (χ2n) is 7.02. The Morgan fingerprint density at radius 1 is 0.935 bits per heavy atom. The summed E-state index contributed by atoms with van der Waals surface area (Å²) in [5.74, 6) is 0.521. The number of benzene rings is 2. The maximum Gasteiger partial charge on any atom is 0.258 e. The Hall–Kier alpha value is -3.94. The molecule has 0 unspecified atom stereocenters. The van der Waals surface area contributed by atoms with Crippen molar-refractivity contribution < 1.29 is 9.59 Å². The molecule has 1 aromatic heterocycles. The predicted octanol–water partition coefficient (Wildman–Crippen LogP) is 2.12. The first-order valence-corrected chi connectivity index (χ1v) is 9.92. The SMILES string of the molecule is [B]c1ccc(NC(=O)c2ccccc2NC(=O)c2ccc(C3=NCCCN3)cc2)nc1. The Morgan fingerprint density at radius 3 is 2.45 bits per heavy atom. The first-order chi connectivity index (χ1) is 15.1. The molecule has 0 fully saturated rings. The van der Waals surface area contributed by atoms with Gasteiger partial charge in [-0.25, -0.2) is 4.98 Å². The van der Waals surface area contributed by atoms with E-state index in [9.17, 15) is 9.59 Å². The van der Waals surface area contributed by atoms with Crippen LogP contribution in [0.4, 0.5) is 11.5 Å². The molecule has 0 saturated carbocycles. The zero-order valence-electron chi connectivity index (χ0n) is 16.8. The molecule has 0 bridgehead atoms. The number of amides is 2. The molecule has 0 atom stereocenters.